The summed E-state index contributed by atoms with van der Waals surface area (Å²) in [6.45, 7) is 15.0. The van der Waals surface area contributed by atoms with Crippen molar-refractivity contribution in [1.29, 1.82) is 0 Å². The van der Waals surface area contributed by atoms with Gasteiger partial charge < -0.3 is 9.64 Å². The molecule has 2 unspecified atom stereocenters. The SMILES string of the molecule is CC.CCC(CC)N(CC)C(=O)C(C)C(C)OC. The maximum absolute atomic E-state index is 12.3. The normalized spacial score (nSPS) is 13.6. The molecule has 0 fully saturated rings. The summed E-state index contributed by atoms with van der Waals surface area (Å²) in [6.07, 6.45) is 2.02. The van der Waals surface area contributed by atoms with E-state index in [0.29, 0.717) is 6.04 Å². The number of ether oxygens (including phenoxy) is 1. The number of hydrogen-bond acceptors (Lipinski definition) is 2. The number of amides is 1. The van der Waals surface area contributed by atoms with Crippen molar-refractivity contribution in [2.45, 2.75) is 73.5 Å². The van der Waals surface area contributed by atoms with Gasteiger partial charge in [-0.25, -0.2) is 0 Å². The highest BCUT2D eigenvalue weighted by atomic mass is 16.5. The molecule has 0 aromatic carbocycles. The average Bonchev–Trinajstić information content (AvgIpc) is 2.44. The van der Waals surface area contributed by atoms with E-state index < -0.39 is 0 Å². The second kappa shape index (κ2) is 11.5. The standard InChI is InChI=1S/C13H27NO2.C2H6/c1-7-12(8-2)14(9-3)13(15)10(4)11(5)16-6;1-2/h10-12H,7-9H2,1-6H3;1-2H3. The maximum atomic E-state index is 12.3. The van der Waals surface area contributed by atoms with Crippen molar-refractivity contribution in [2.24, 2.45) is 5.92 Å². The van der Waals surface area contributed by atoms with Crippen LogP contribution in [0.3, 0.4) is 0 Å². The Hall–Kier alpha value is -0.570. The van der Waals surface area contributed by atoms with E-state index in [1.54, 1.807) is 7.11 Å². The molecule has 0 aliphatic heterocycles. The Labute approximate surface area is 114 Å². The summed E-state index contributed by atoms with van der Waals surface area (Å²) in [5.74, 6) is 0.149. The van der Waals surface area contributed by atoms with Gasteiger partial charge in [-0.05, 0) is 26.7 Å². The Balaban J connectivity index is 0. The molecule has 0 spiro atoms. The van der Waals surface area contributed by atoms with Crippen LogP contribution in [-0.2, 0) is 9.53 Å². The van der Waals surface area contributed by atoms with E-state index in [9.17, 15) is 4.79 Å². The average molecular weight is 259 g/mol. The zero-order chi connectivity index (χ0) is 14.7. The molecule has 110 valence electrons. The van der Waals surface area contributed by atoms with Crippen molar-refractivity contribution in [1.82, 2.24) is 4.90 Å². The fourth-order valence-corrected chi connectivity index (χ4v) is 1.99. The molecule has 0 saturated heterocycles. The molecule has 0 aliphatic carbocycles. The Morgan fingerprint density at radius 1 is 1.11 bits per heavy atom. The van der Waals surface area contributed by atoms with Gasteiger partial charge in [-0.2, -0.15) is 0 Å². The van der Waals surface area contributed by atoms with Crippen LogP contribution in [0, 0.1) is 5.92 Å². The summed E-state index contributed by atoms with van der Waals surface area (Å²) in [5.41, 5.74) is 0. The molecule has 18 heavy (non-hydrogen) atoms. The van der Waals surface area contributed by atoms with Gasteiger partial charge in [-0.1, -0.05) is 34.6 Å². The summed E-state index contributed by atoms with van der Waals surface area (Å²) in [6, 6.07) is 0.365. The van der Waals surface area contributed by atoms with Crippen molar-refractivity contribution in [2.75, 3.05) is 13.7 Å². The highest BCUT2D eigenvalue weighted by Crippen LogP contribution is 2.16. The van der Waals surface area contributed by atoms with Crippen molar-refractivity contribution in [3.63, 3.8) is 0 Å². The highest BCUT2D eigenvalue weighted by Gasteiger charge is 2.27. The van der Waals surface area contributed by atoms with E-state index in [-0.39, 0.29) is 17.9 Å². The molecule has 0 saturated carbocycles. The van der Waals surface area contributed by atoms with Gasteiger partial charge in [0.2, 0.25) is 5.91 Å². The number of carbonyl (C=O) groups excluding carboxylic acids is 1. The first kappa shape index (κ1) is 19.8. The zero-order valence-corrected chi connectivity index (χ0v) is 13.6. The van der Waals surface area contributed by atoms with Gasteiger partial charge in [0.1, 0.15) is 0 Å². The molecule has 0 bridgehead atoms. The maximum Gasteiger partial charge on any atom is 0.228 e. The Kier molecular flexibility index (Phi) is 12.6. The third kappa shape index (κ3) is 5.85. The van der Waals surface area contributed by atoms with Gasteiger partial charge in [0, 0.05) is 19.7 Å². The zero-order valence-electron chi connectivity index (χ0n) is 13.6. The van der Waals surface area contributed by atoms with Crippen LogP contribution in [-0.4, -0.2) is 36.6 Å². The first-order valence-corrected chi connectivity index (χ1v) is 7.36. The van der Waals surface area contributed by atoms with Gasteiger partial charge >= 0.3 is 0 Å². The molecule has 0 rings (SSSR count). The van der Waals surface area contributed by atoms with Crippen molar-refractivity contribution < 1.29 is 9.53 Å². The van der Waals surface area contributed by atoms with Crippen molar-refractivity contribution in [3.8, 4) is 0 Å². The summed E-state index contributed by atoms with van der Waals surface area (Å²) in [4.78, 5) is 14.3. The number of methoxy groups -OCH3 is 1. The van der Waals surface area contributed by atoms with Gasteiger partial charge in [-0.15, -0.1) is 0 Å². The fourth-order valence-electron chi connectivity index (χ4n) is 1.99. The molecule has 3 heteroatoms. The lowest BCUT2D eigenvalue weighted by atomic mass is 10.0. The molecule has 0 radical (unpaired) electrons. The van der Waals surface area contributed by atoms with Crippen LogP contribution in [0.5, 0.6) is 0 Å². The molecule has 0 aromatic heterocycles. The topological polar surface area (TPSA) is 29.5 Å². The van der Waals surface area contributed by atoms with Gasteiger partial charge in [-0.3, -0.25) is 4.79 Å². The largest absolute Gasteiger partial charge is 0.381 e. The third-order valence-electron chi connectivity index (χ3n) is 3.47. The summed E-state index contributed by atoms with van der Waals surface area (Å²) in [7, 11) is 1.65. The molecule has 2 atom stereocenters. The summed E-state index contributed by atoms with van der Waals surface area (Å²) < 4.78 is 5.23. The van der Waals surface area contributed by atoms with E-state index in [1.165, 1.54) is 0 Å². The number of hydrogen-bond donors (Lipinski definition) is 0. The Morgan fingerprint density at radius 3 is 1.83 bits per heavy atom. The number of nitrogens with zero attached hydrogens (tertiary/aromatic N) is 1. The second-order valence-corrected chi connectivity index (χ2v) is 4.32. The number of carbonyl (C=O) groups is 1. The smallest absolute Gasteiger partial charge is 0.228 e. The molecule has 0 aliphatic rings. The Morgan fingerprint density at radius 2 is 1.56 bits per heavy atom. The lowest BCUT2D eigenvalue weighted by molar-refractivity contribution is -0.141. The minimum Gasteiger partial charge on any atom is -0.381 e. The van der Waals surface area contributed by atoms with Crippen LogP contribution in [0.15, 0.2) is 0 Å². The predicted molar refractivity (Wildman–Crippen MR) is 78.7 cm³/mol. The lowest BCUT2D eigenvalue weighted by Gasteiger charge is -2.33. The van der Waals surface area contributed by atoms with Crippen LogP contribution in [0.2, 0.25) is 0 Å². The minimum absolute atomic E-state index is 0.0177. The first-order valence-electron chi connectivity index (χ1n) is 7.36. The van der Waals surface area contributed by atoms with Crippen LogP contribution in [0.1, 0.15) is 61.3 Å². The van der Waals surface area contributed by atoms with Crippen LogP contribution < -0.4 is 0 Å². The van der Waals surface area contributed by atoms with Crippen molar-refractivity contribution >= 4 is 5.91 Å². The van der Waals surface area contributed by atoms with E-state index in [0.717, 1.165) is 19.4 Å². The van der Waals surface area contributed by atoms with Gasteiger partial charge in [0.15, 0.2) is 0 Å². The molecule has 0 N–H and O–H groups in total. The summed E-state index contributed by atoms with van der Waals surface area (Å²) >= 11 is 0. The van der Waals surface area contributed by atoms with E-state index in [2.05, 4.69) is 13.8 Å². The highest BCUT2D eigenvalue weighted by molar-refractivity contribution is 5.79. The fraction of sp³-hybridized carbons (Fsp3) is 0.933. The van der Waals surface area contributed by atoms with E-state index >= 15 is 0 Å². The first-order chi connectivity index (χ1) is 8.53. The van der Waals surface area contributed by atoms with Gasteiger partial charge in [0.05, 0.1) is 12.0 Å². The molecule has 3 nitrogen and oxygen atoms in total. The molecule has 0 heterocycles. The van der Waals surface area contributed by atoms with Crippen molar-refractivity contribution in [3.05, 3.63) is 0 Å². The quantitative estimate of drug-likeness (QED) is 0.697. The minimum atomic E-state index is -0.0643. The van der Waals surface area contributed by atoms with Crippen LogP contribution in [0.4, 0.5) is 0 Å². The molecular formula is C15H33NO2. The third-order valence-corrected chi connectivity index (χ3v) is 3.47. The summed E-state index contributed by atoms with van der Waals surface area (Å²) in [5, 5.41) is 0. The van der Waals surface area contributed by atoms with E-state index in [1.807, 2.05) is 39.5 Å². The molecule has 0 aromatic rings. The van der Waals surface area contributed by atoms with Gasteiger partial charge in [0.25, 0.3) is 0 Å². The monoisotopic (exact) mass is 259 g/mol. The second-order valence-electron chi connectivity index (χ2n) is 4.32. The lowest BCUT2D eigenvalue weighted by Crippen LogP contribution is -2.45. The van der Waals surface area contributed by atoms with Crippen LogP contribution in [0.25, 0.3) is 0 Å². The Bertz CT molecular complexity index is 203. The van der Waals surface area contributed by atoms with E-state index in [4.69, 9.17) is 4.74 Å². The number of rotatable bonds is 7. The van der Waals surface area contributed by atoms with Crippen LogP contribution >= 0.6 is 0 Å². The predicted octanol–water partition coefficient (Wildman–Crippen LogP) is 3.72. The molecular weight excluding hydrogens is 226 g/mol. The molecule has 1 amide bonds.